The lowest BCUT2D eigenvalue weighted by Gasteiger charge is -2.19. The molecule has 0 saturated carbocycles. The van der Waals surface area contributed by atoms with Gasteiger partial charge in [-0.15, -0.1) is 0 Å². The molecule has 1 N–H and O–H groups in total. The number of benzene rings is 2. The molecule has 0 radical (unpaired) electrons. The summed E-state index contributed by atoms with van der Waals surface area (Å²) in [5, 5.41) is 3.51. The van der Waals surface area contributed by atoms with Gasteiger partial charge in [0.2, 0.25) is 0 Å². The normalized spacial score (nSPS) is 13.1. The number of aryl methyl sites for hydroxylation is 2. The van der Waals surface area contributed by atoms with Gasteiger partial charge in [-0.25, -0.2) is 0 Å². The van der Waals surface area contributed by atoms with Crippen molar-refractivity contribution >= 4 is 5.69 Å². The summed E-state index contributed by atoms with van der Waals surface area (Å²) < 4.78 is 11.1. The quantitative estimate of drug-likeness (QED) is 0.922. The van der Waals surface area contributed by atoms with Gasteiger partial charge >= 0.3 is 0 Å². The van der Waals surface area contributed by atoms with E-state index in [-0.39, 0.29) is 0 Å². The lowest BCUT2D eigenvalue weighted by Crippen LogP contribution is -2.15. The molecule has 0 aliphatic carbocycles. The van der Waals surface area contributed by atoms with E-state index >= 15 is 0 Å². The van der Waals surface area contributed by atoms with E-state index in [1.54, 1.807) is 0 Å². The van der Waals surface area contributed by atoms with Gasteiger partial charge in [0, 0.05) is 12.2 Å². The van der Waals surface area contributed by atoms with Gasteiger partial charge in [0.1, 0.15) is 13.2 Å². The third kappa shape index (κ3) is 2.57. The molecule has 3 nitrogen and oxygen atoms in total. The number of ether oxygens (including phenoxy) is 2. The second-order valence-electron chi connectivity index (χ2n) is 5.10. The molecule has 20 heavy (non-hydrogen) atoms. The zero-order valence-corrected chi connectivity index (χ0v) is 11.9. The summed E-state index contributed by atoms with van der Waals surface area (Å²) in [6, 6.07) is 12.4. The van der Waals surface area contributed by atoms with Crippen LogP contribution in [-0.4, -0.2) is 13.2 Å². The zero-order chi connectivity index (χ0) is 13.9. The Hall–Kier alpha value is -2.16. The summed E-state index contributed by atoms with van der Waals surface area (Å²) in [7, 11) is 0. The van der Waals surface area contributed by atoms with Crippen molar-refractivity contribution in [2.45, 2.75) is 20.4 Å². The highest BCUT2D eigenvalue weighted by Gasteiger charge is 2.11. The van der Waals surface area contributed by atoms with Gasteiger partial charge in [0.05, 0.1) is 0 Å². The first-order valence-electron chi connectivity index (χ1n) is 6.92. The SMILES string of the molecule is Cc1cccc(C)c1NCc1ccc2c(c1)OCCO2. The molecular weight excluding hydrogens is 250 g/mol. The van der Waals surface area contributed by atoms with Gasteiger partial charge in [-0.3, -0.25) is 0 Å². The van der Waals surface area contributed by atoms with E-state index in [1.807, 2.05) is 6.07 Å². The van der Waals surface area contributed by atoms with Crippen LogP contribution >= 0.6 is 0 Å². The fraction of sp³-hybridized carbons (Fsp3) is 0.294. The van der Waals surface area contributed by atoms with E-state index in [4.69, 9.17) is 9.47 Å². The summed E-state index contributed by atoms with van der Waals surface area (Å²) in [5.74, 6) is 1.68. The number of anilines is 1. The fourth-order valence-electron chi connectivity index (χ4n) is 2.48. The average Bonchev–Trinajstić information content (AvgIpc) is 2.46. The molecule has 0 amide bonds. The van der Waals surface area contributed by atoms with Gasteiger partial charge in [0.25, 0.3) is 0 Å². The Bertz CT molecular complexity index is 602. The van der Waals surface area contributed by atoms with Gasteiger partial charge in [-0.2, -0.15) is 0 Å². The van der Waals surface area contributed by atoms with Crippen molar-refractivity contribution in [1.29, 1.82) is 0 Å². The van der Waals surface area contributed by atoms with Gasteiger partial charge in [-0.05, 0) is 42.7 Å². The van der Waals surface area contributed by atoms with Crippen LogP contribution in [0.3, 0.4) is 0 Å². The maximum absolute atomic E-state index is 5.61. The molecule has 2 aromatic carbocycles. The molecule has 0 aromatic heterocycles. The molecule has 1 aliphatic rings. The zero-order valence-electron chi connectivity index (χ0n) is 11.9. The van der Waals surface area contributed by atoms with Crippen LogP contribution in [0.15, 0.2) is 36.4 Å². The number of hydrogen-bond acceptors (Lipinski definition) is 3. The molecule has 0 unspecified atom stereocenters. The van der Waals surface area contributed by atoms with Crippen LogP contribution < -0.4 is 14.8 Å². The summed E-state index contributed by atoms with van der Waals surface area (Å²) in [4.78, 5) is 0. The molecule has 0 spiro atoms. The first-order valence-corrected chi connectivity index (χ1v) is 6.92. The standard InChI is InChI=1S/C17H19NO2/c1-12-4-3-5-13(2)17(12)18-11-14-6-7-15-16(10-14)20-9-8-19-15/h3-7,10,18H,8-9,11H2,1-2H3. The van der Waals surface area contributed by atoms with Crippen LogP contribution in [0.1, 0.15) is 16.7 Å². The Labute approximate surface area is 119 Å². The molecule has 104 valence electrons. The first kappa shape index (κ1) is 12.9. The first-order chi connectivity index (χ1) is 9.74. The molecule has 2 aromatic rings. The van der Waals surface area contributed by atoms with E-state index in [9.17, 15) is 0 Å². The van der Waals surface area contributed by atoms with Crippen LogP contribution in [0.25, 0.3) is 0 Å². The van der Waals surface area contributed by atoms with Crippen LogP contribution in [0.5, 0.6) is 11.5 Å². The predicted octanol–water partition coefficient (Wildman–Crippen LogP) is 3.69. The topological polar surface area (TPSA) is 30.5 Å². The van der Waals surface area contributed by atoms with Crippen LogP contribution in [0.4, 0.5) is 5.69 Å². The highest BCUT2D eigenvalue weighted by atomic mass is 16.6. The molecule has 1 heterocycles. The molecule has 0 atom stereocenters. The summed E-state index contributed by atoms with van der Waals surface area (Å²) in [6.45, 7) is 6.29. The molecule has 3 heteroatoms. The average molecular weight is 269 g/mol. The lowest BCUT2D eigenvalue weighted by molar-refractivity contribution is 0.171. The van der Waals surface area contributed by atoms with E-state index < -0.39 is 0 Å². The minimum Gasteiger partial charge on any atom is -0.486 e. The Balaban J connectivity index is 1.75. The van der Waals surface area contributed by atoms with Crippen LogP contribution in [0.2, 0.25) is 0 Å². The molecule has 0 fully saturated rings. The summed E-state index contributed by atoms with van der Waals surface area (Å²) in [5.41, 5.74) is 4.93. The Morgan fingerprint density at radius 2 is 1.65 bits per heavy atom. The smallest absolute Gasteiger partial charge is 0.161 e. The van der Waals surface area contributed by atoms with Crippen molar-refractivity contribution in [3.8, 4) is 11.5 Å². The second kappa shape index (κ2) is 5.45. The van der Waals surface area contributed by atoms with Crippen molar-refractivity contribution in [2.24, 2.45) is 0 Å². The van der Waals surface area contributed by atoms with Crippen molar-refractivity contribution in [3.05, 3.63) is 53.1 Å². The maximum Gasteiger partial charge on any atom is 0.161 e. The second-order valence-corrected chi connectivity index (χ2v) is 5.10. The van der Waals surface area contributed by atoms with Gasteiger partial charge < -0.3 is 14.8 Å². The fourth-order valence-corrected chi connectivity index (χ4v) is 2.48. The summed E-state index contributed by atoms with van der Waals surface area (Å²) >= 11 is 0. The third-order valence-corrected chi connectivity index (χ3v) is 3.56. The summed E-state index contributed by atoms with van der Waals surface area (Å²) in [6.07, 6.45) is 0. The molecule has 0 saturated heterocycles. The number of hydrogen-bond donors (Lipinski definition) is 1. The van der Waals surface area contributed by atoms with E-state index in [0.717, 1.165) is 18.0 Å². The maximum atomic E-state index is 5.61. The molecule has 1 aliphatic heterocycles. The highest BCUT2D eigenvalue weighted by molar-refractivity contribution is 5.57. The van der Waals surface area contributed by atoms with Gasteiger partial charge in [0.15, 0.2) is 11.5 Å². The molecule has 3 rings (SSSR count). The minimum absolute atomic E-state index is 0.626. The minimum atomic E-state index is 0.626. The monoisotopic (exact) mass is 269 g/mol. The van der Waals surface area contributed by atoms with Gasteiger partial charge in [-0.1, -0.05) is 24.3 Å². The highest BCUT2D eigenvalue weighted by Crippen LogP contribution is 2.31. The largest absolute Gasteiger partial charge is 0.486 e. The third-order valence-electron chi connectivity index (χ3n) is 3.56. The number of nitrogens with one attached hydrogen (secondary N) is 1. The predicted molar refractivity (Wildman–Crippen MR) is 80.7 cm³/mol. The molecule has 0 bridgehead atoms. The Morgan fingerprint density at radius 3 is 2.40 bits per heavy atom. The van der Waals surface area contributed by atoms with Crippen molar-refractivity contribution in [1.82, 2.24) is 0 Å². The van der Waals surface area contributed by atoms with E-state index in [0.29, 0.717) is 13.2 Å². The van der Waals surface area contributed by atoms with Crippen molar-refractivity contribution in [2.75, 3.05) is 18.5 Å². The lowest BCUT2D eigenvalue weighted by atomic mass is 10.1. The molecular formula is C17H19NO2. The van der Waals surface area contributed by atoms with Crippen LogP contribution in [0, 0.1) is 13.8 Å². The number of fused-ring (bicyclic) bond motifs is 1. The van der Waals surface area contributed by atoms with Crippen molar-refractivity contribution < 1.29 is 9.47 Å². The van der Waals surface area contributed by atoms with E-state index in [2.05, 4.69) is 49.5 Å². The Morgan fingerprint density at radius 1 is 0.950 bits per heavy atom. The Kier molecular flexibility index (Phi) is 3.50. The van der Waals surface area contributed by atoms with Crippen LogP contribution in [-0.2, 0) is 6.54 Å². The number of para-hydroxylation sites is 1. The number of rotatable bonds is 3. The van der Waals surface area contributed by atoms with E-state index in [1.165, 1.54) is 22.4 Å². The van der Waals surface area contributed by atoms with Crippen molar-refractivity contribution in [3.63, 3.8) is 0 Å².